The molecule has 1 aromatic rings. The summed E-state index contributed by atoms with van der Waals surface area (Å²) in [5.41, 5.74) is 0.695. The number of furan rings is 1. The van der Waals surface area contributed by atoms with E-state index in [9.17, 15) is 4.79 Å². The molecule has 0 N–H and O–H groups in total. The van der Waals surface area contributed by atoms with E-state index in [-0.39, 0.29) is 10.7 Å². The zero-order chi connectivity index (χ0) is 16.6. The lowest BCUT2D eigenvalue weighted by Crippen LogP contribution is -2.60. The summed E-state index contributed by atoms with van der Waals surface area (Å²) in [6, 6.07) is 1.77. The summed E-state index contributed by atoms with van der Waals surface area (Å²) in [6.45, 7) is 6.12. The summed E-state index contributed by atoms with van der Waals surface area (Å²) in [7, 11) is 0. The minimum absolute atomic E-state index is 0.0963. The Labute approximate surface area is 147 Å². The van der Waals surface area contributed by atoms with Crippen LogP contribution in [0.4, 0.5) is 0 Å². The lowest BCUT2D eigenvalue weighted by molar-refractivity contribution is -0.0118. The van der Waals surface area contributed by atoms with E-state index in [1.165, 1.54) is 0 Å². The first-order chi connectivity index (χ1) is 11.7. The third-order valence-electron chi connectivity index (χ3n) is 5.42. The van der Waals surface area contributed by atoms with Gasteiger partial charge in [0.2, 0.25) is 0 Å². The molecule has 132 valence electrons. The maximum absolute atomic E-state index is 12.5. The molecule has 1 aromatic heterocycles. The zero-order valence-electron chi connectivity index (χ0n) is 14.2. The second kappa shape index (κ2) is 6.73. The van der Waals surface area contributed by atoms with Gasteiger partial charge in [0.05, 0.1) is 22.7 Å². The van der Waals surface area contributed by atoms with Gasteiger partial charge in [-0.15, -0.1) is 11.8 Å². The monoisotopic (exact) mass is 351 g/mol. The van der Waals surface area contributed by atoms with Crippen molar-refractivity contribution in [2.24, 2.45) is 5.92 Å². The van der Waals surface area contributed by atoms with Gasteiger partial charge in [-0.05, 0) is 38.2 Å². The first-order valence-electron chi connectivity index (χ1n) is 8.82. The van der Waals surface area contributed by atoms with Crippen LogP contribution < -0.4 is 0 Å². The molecule has 0 unspecified atom stereocenters. The van der Waals surface area contributed by atoms with Crippen molar-refractivity contribution in [2.75, 3.05) is 38.7 Å². The molecule has 3 aliphatic rings. The van der Waals surface area contributed by atoms with Crippen LogP contribution in [0.3, 0.4) is 0 Å². The van der Waals surface area contributed by atoms with Crippen LogP contribution >= 0.6 is 11.8 Å². The third-order valence-corrected chi connectivity index (χ3v) is 6.99. The van der Waals surface area contributed by atoms with Crippen molar-refractivity contribution in [2.45, 2.75) is 37.0 Å². The van der Waals surface area contributed by atoms with Crippen LogP contribution in [0.25, 0.3) is 0 Å². The van der Waals surface area contributed by atoms with Crippen LogP contribution in [0.2, 0.25) is 0 Å². The van der Waals surface area contributed by atoms with E-state index >= 15 is 0 Å². The van der Waals surface area contributed by atoms with Crippen molar-refractivity contribution >= 4 is 17.7 Å². The Morgan fingerprint density at radius 3 is 2.92 bits per heavy atom. The third kappa shape index (κ3) is 3.24. The maximum Gasteiger partial charge on any atom is 0.257 e. The average Bonchev–Trinajstić information content (AvgIpc) is 3.18. The standard InChI is InChI=1S/C18H25NO4S/c1-13-16(4-7-22-13)17(20)19-11-18(12-19)8-15(10-24-18)23-9-14-2-5-21-6-3-14/h4,7,14-15H,2-3,5-6,8-12H2,1H3/t15-/m0/s1. The molecule has 1 amide bonds. The summed E-state index contributed by atoms with van der Waals surface area (Å²) in [5.74, 6) is 2.51. The molecule has 0 saturated carbocycles. The number of carbonyl (C=O) groups excluding carboxylic acids is 1. The second-order valence-corrected chi connectivity index (χ2v) is 8.75. The van der Waals surface area contributed by atoms with Gasteiger partial charge in [-0.3, -0.25) is 4.79 Å². The van der Waals surface area contributed by atoms with Gasteiger partial charge >= 0.3 is 0 Å². The Morgan fingerprint density at radius 2 is 2.21 bits per heavy atom. The Kier molecular flexibility index (Phi) is 4.62. The van der Waals surface area contributed by atoms with E-state index in [1.807, 2.05) is 23.6 Å². The van der Waals surface area contributed by atoms with Crippen molar-refractivity contribution in [3.05, 3.63) is 23.7 Å². The largest absolute Gasteiger partial charge is 0.469 e. The van der Waals surface area contributed by atoms with Crippen LogP contribution in [0, 0.1) is 12.8 Å². The fraction of sp³-hybridized carbons (Fsp3) is 0.722. The van der Waals surface area contributed by atoms with Gasteiger partial charge in [0.25, 0.3) is 5.91 Å². The van der Waals surface area contributed by atoms with Gasteiger partial charge in [-0.2, -0.15) is 0 Å². The van der Waals surface area contributed by atoms with Gasteiger partial charge in [-0.1, -0.05) is 0 Å². The molecule has 5 nitrogen and oxygen atoms in total. The fourth-order valence-corrected chi connectivity index (χ4v) is 5.44. The summed E-state index contributed by atoms with van der Waals surface area (Å²) in [4.78, 5) is 14.4. The number of aryl methyl sites for hydroxylation is 1. The van der Waals surface area contributed by atoms with E-state index in [1.54, 1.807) is 12.3 Å². The van der Waals surface area contributed by atoms with Gasteiger partial charge in [0, 0.05) is 38.7 Å². The first kappa shape index (κ1) is 16.5. The molecule has 3 aliphatic heterocycles. The van der Waals surface area contributed by atoms with E-state index in [2.05, 4.69) is 0 Å². The molecule has 1 spiro atoms. The van der Waals surface area contributed by atoms with Crippen LogP contribution in [0.1, 0.15) is 35.4 Å². The fourth-order valence-electron chi connectivity index (χ4n) is 3.89. The number of hydrogen-bond donors (Lipinski definition) is 0. The Hall–Kier alpha value is -0.980. The van der Waals surface area contributed by atoms with E-state index in [0.717, 1.165) is 57.9 Å². The summed E-state index contributed by atoms with van der Waals surface area (Å²) in [5, 5.41) is 0. The molecule has 3 fully saturated rings. The summed E-state index contributed by atoms with van der Waals surface area (Å²) >= 11 is 1.98. The average molecular weight is 351 g/mol. The highest BCUT2D eigenvalue weighted by Gasteiger charge is 2.51. The predicted molar refractivity (Wildman–Crippen MR) is 92.4 cm³/mol. The van der Waals surface area contributed by atoms with Gasteiger partial charge in [0.1, 0.15) is 5.76 Å². The minimum atomic E-state index is 0.0963. The Balaban J connectivity index is 1.24. The van der Waals surface area contributed by atoms with Crippen LogP contribution in [0.5, 0.6) is 0 Å². The highest BCUT2D eigenvalue weighted by molar-refractivity contribution is 8.01. The minimum Gasteiger partial charge on any atom is -0.469 e. The predicted octanol–water partition coefficient (Wildman–Crippen LogP) is 2.73. The van der Waals surface area contributed by atoms with Gasteiger partial charge in [0.15, 0.2) is 0 Å². The number of hydrogen-bond acceptors (Lipinski definition) is 5. The van der Waals surface area contributed by atoms with Crippen molar-refractivity contribution < 1.29 is 18.7 Å². The molecular weight excluding hydrogens is 326 g/mol. The molecule has 0 aromatic carbocycles. The van der Waals surface area contributed by atoms with E-state index < -0.39 is 0 Å². The number of amides is 1. The van der Waals surface area contributed by atoms with Crippen LogP contribution in [-0.2, 0) is 9.47 Å². The quantitative estimate of drug-likeness (QED) is 0.835. The lowest BCUT2D eigenvalue weighted by atomic mass is 9.92. The molecule has 0 aliphatic carbocycles. The summed E-state index contributed by atoms with van der Waals surface area (Å²) < 4.78 is 17.0. The topological polar surface area (TPSA) is 51.9 Å². The molecule has 0 radical (unpaired) electrons. The molecule has 0 bridgehead atoms. The summed E-state index contributed by atoms with van der Waals surface area (Å²) in [6.07, 6.45) is 5.23. The van der Waals surface area contributed by atoms with Crippen LogP contribution in [0.15, 0.2) is 16.7 Å². The lowest BCUT2D eigenvalue weighted by Gasteiger charge is -2.47. The van der Waals surface area contributed by atoms with Crippen molar-refractivity contribution in [3.8, 4) is 0 Å². The SMILES string of the molecule is Cc1occc1C(=O)N1CC2(C[C@H](OCC3CCOCC3)CS2)C1. The van der Waals surface area contributed by atoms with Crippen molar-refractivity contribution in [1.29, 1.82) is 0 Å². The number of thioether (sulfide) groups is 1. The number of likely N-dealkylation sites (tertiary alicyclic amines) is 1. The molecular formula is C18H25NO4S. The second-order valence-electron chi connectivity index (χ2n) is 7.26. The first-order valence-corrected chi connectivity index (χ1v) is 9.80. The highest BCUT2D eigenvalue weighted by atomic mass is 32.2. The van der Waals surface area contributed by atoms with E-state index in [0.29, 0.717) is 23.3 Å². The Bertz CT molecular complexity index is 590. The highest BCUT2D eigenvalue weighted by Crippen LogP contribution is 2.46. The zero-order valence-corrected chi connectivity index (χ0v) is 15.0. The van der Waals surface area contributed by atoms with Crippen molar-refractivity contribution in [3.63, 3.8) is 0 Å². The maximum atomic E-state index is 12.5. The number of ether oxygens (including phenoxy) is 2. The van der Waals surface area contributed by atoms with Gasteiger partial charge in [-0.25, -0.2) is 0 Å². The Morgan fingerprint density at radius 1 is 1.42 bits per heavy atom. The number of nitrogens with zero attached hydrogens (tertiary/aromatic N) is 1. The number of carbonyl (C=O) groups is 1. The number of rotatable bonds is 4. The van der Waals surface area contributed by atoms with Gasteiger partial charge < -0.3 is 18.8 Å². The van der Waals surface area contributed by atoms with Crippen molar-refractivity contribution in [1.82, 2.24) is 4.90 Å². The normalized spacial score (nSPS) is 26.7. The molecule has 24 heavy (non-hydrogen) atoms. The molecule has 3 saturated heterocycles. The molecule has 6 heteroatoms. The smallest absolute Gasteiger partial charge is 0.257 e. The molecule has 4 rings (SSSR count). The van der Waals surface area contributed by atoms with E-state index in [4.69, 9.17) is 13.9 Å². The van der Waals surface area contributed by atoms with Crippen LogP contribution in [-0.4, -0.2) is 60.3 Å². The molecule has 4 heterocycles. The molecule has 1 atom stereocenters.